The second-order valence-corrected chi connectivity index (χ2v) is 3.19. The average Bonchev–Trinajstić information content (AvgIpc) is 2.17. The fraction of sp³-hybridized carbons (Fsp3) is 0.429. The number of carbonyl (C=O) groups excluding carboxylic acids is 3. The Morgan fingerprint density at radius 2 is 2.19 bits per heavy atom. The number of primary amides is 2. The van der Waals surface area contributed by atoms with Crippen molar-refractivity contribution in [3.05, 3.63) is 0 Å². The van der Waals surface area contributed by atoms with Gasteiger partial charge in [0.25, 0.3) is 0 Å². The molecule has 6 N–H and O–H groups in total. The quantitative estimate of drug-likeness (QED) is 0.393. The third-order valence-electron chi connectivity index (χ3n) is 2.12. The number of hydrogen-bond acceptors (Lipinski definition) is 4. The minimum atomic E-state index is -2.01. The number of halogens is 1. The van der Waals surface area contributed by atoms with Crippen molar-refractivity contribution in [2.45, 2.75) is 0 Å². The van der Waals surface area contributed by atoms with Crippen molar-refractivity contribution in [1.82, 2.24) is 10.6 Å². The molecule has 0 radical (unpaired) electrons. The summed E-state index contributed by atoms with van der Waals surface area (Å²) in [4.78, 5) is 36.5. The lowest BCUT2D eigenvalue weighted by molar-refractivity contribution is -0.141. The van der Waals surface area contributed by atoms with E-state index in [1.165, 1.54) is 0 Å². The molecule has 88 valence electrons. The summed E-state index contributed by atoms with van der Waals surface area (Å²) in [6.45, 7) is -1.73. The van der Waals surface area contributed by atoms with Gasteiger partial charge in [0, 0.05) is 0 Å². The number of amides is 4. The summed E-state index contributed by atoms with van der Waals surface area (Å²) in [5, 5.41) is 4.02. The van der Waals surface area contributed by atoms with Gasteiger partial charge in [0.1, 0.15) is 6.67 Å². The van der Waals surface area contributed by atoms with E-state index in [1.807, 2.05) is 10.6 Å². The van der Waals surface area contributed by atoms with Crippen LogP contribution in [0.5, 0.6) is 0 Å². The van der Waals surface area contributed by atoms with Gasteiger partial charge in [0.15, 0.2) is 5.41 Å². The predicted octanol–water partition coefficient (Wildman–Crippen LogP) is -2.42. The van der Waals surface area contributed by atoms with Gasteiger partial charge in [-0.3, -0.25) is 25.2 Å². The fourth-order valence-electron chi connectivity index (χ4n) is 1.10. The summed E-state index contributed by atoms with van der Waals surface area (Å²) in [5.41, 5.74) is 7.70. The molecule has 0 bridgehead atoms. The second-order valence-electron chi connectivity index (χ2n) is 3.19. The monoisotopic (exact) mass is 231 g/mol. The van der Waals surface area contributed by atoms with Gasteiger partial charge in [0.05, 0.1) is 6.54 Å². The molecule has 0 unspecified atom stereocenters. The topological polar surface area (TPSA) is 140 Å². The molecule has 1 aliphatic rings. The van der Waals surface area contributed by atoms with Gasteiger partial charge in [-0.25, -0.2) is 9.18 Å². The highest BCUT2D eigenvalue weighted by Crippen LogP contribution is 2.21. The number of alkyl halides is 1. The normalized spacial score (nSPS) is 24.3. The van der Waals surface area contributed by atoms with E-state index in [0.717, 1.165) is 0 Å². The van der Waals surface area contributed by atoms with Crippen LogP contribution in [-0.4, -0.2) is 37.0 Å². The molecule has 0 aliphatic carbocycles. The zero-order valence-electron chi connectivity index (χ0n) is 8.12. The summed E-state index contributed by atoms with van der Waals surface area (Å²) in [6, 6.07) is -0.939. The van der Waals surface area contributed by atoms with Gasteiger partial charge in [-0.1, -0.05) is 0 Å². The van der Waals surface area contributed by atoms with Gasteiger partial charge in [-0.05, 0) is 0 Å². The lowest BCUT2D eigenvalue weighted by Crippen LogP contribution is -2.60. The Bertz CT molecular complexity index is 382. The molecule has 1 aliphatic heterocycles. The molecule has 0 saturated carbocycles. The number of nitrogens with zero attached hydrogens (tertiary/aromatic N) is 1. The lowest BCUT2D eigenvalue weighted by atomic mass is 9.87. The van der Waals surface area contributed by atoms with Crippen molar-refractivity contribution in [1.29, 1.82) is 0 Å². The smallest absolute Gasteiger partial charge is 0.318 e. The van der Waals surface area contributed by atoms with Gasteiger partial charge in [-0.15, -0.1) is 0 Å². The number of aliphatic imine (C=N–C) groups is 1. The van der Waals surface area contributed by atoms with Gasteiger partial charge in [0.2, 0.25) is 17.8 Å². The van der Waals surface area contributed by atoms with E-state index in [4.69, 9.17) is 11.5 Å². The molecule has 0 aromatic heterocycles. The van der Waals surface area contributed by atoms with Crippen LogP contribution in [0.25, 0.3) is 0 Å². The minimum absolute atomic E-state index is 0.233. The summed E-state index contributed by atoms with van der Waals surface area (Å²) < 4.78 is 12.7. The number of nitrogens with two attached hydrogens (primary N) is 2. The number of urea groups is 1. The standard InChI is InChI=1S/C7H10FN5O3/c8-1-7(3(9)14)2-11-6(12-4(7)15)13-5(10)16/h1-2H2,(H2,9,14)(H4,10,11,12,13,15,16)/t7-/m0/s1. The van der Waals surface area contributed by atoms with E-state index in [1.54, 1.807) is 0 Å². The van der Waals surface area contributed by atoms with Crippen LogP contribution in [0.4, 0.5) is 9.18 Å². The van der Waals surface area contributed by atoms with Crippen LogP contribution in [0, 0.1) is 5.41 Å². The van der Waals surface area contributed by atoms with E-state index < -0.39 is 36.5 Å². The molecule has 4 amide bonds. The molecule has 9 heteroatoms. The van der Waals surface area contributed by atoms with Crippen LogP contribution in [0.1, 0.15) is 0 Å². The fourth-order valence-corrected chi connectivity index (χ4v) is 1.10. The summed E-state index contributed by atoms with van der Waals surface area (Å²) in [6.07, 6.45) is 0. The Kier molecular flexibility index (Phi) is 3.06. The SMILES string of the molecule is NC(=O)NC1=NC[C@@](CF)(C(N)=O)C(=O)N1. The number of hydrogen-bond donors (Lipinski definition) is 4. The average molecular weight is 231 g/mol. The van der Waals surface area contributed by atoms with Crippen molar-refractivity contribution in [2.75, 3.05) is 13.2 Å². The van der Waals surface area contributed by atoms with Gasteiger partial charge >= 0.3 is 6.03 Å². The largest absolute Gasteiger partial charge is 0.369 e. The third kappa shape index (κ3) is 1.92. The van der Waals surface area contributed by atoms with Crippen LogP contribution < -0.4 is 22.1 Å². The van der Waals surface area contributed by atoms with Crippen molar-refractivity contribution in [2.24, 2.45) is 21.9 Å². The molecular formula is C7H10FN5O3. The van der Waals surface area contributed by atoms with E-state index in [9.17, 15) is 18.8 Å². The van der Waals surface area contributed by atoms with Crippen molar-refractivity contribution >= 4 is 23.8 Å². The maximum absolute atomic E-state index is 12.7. The molecule has 1 atom stereocenters. The first kappa shape index (κ1) is 11.9. The number of nitrogens with one attached hydrogen (secondary N) is 2. The van der Waals surface area contributed by atoms with Crippen LogP contribution in [0.15, 0.2) is 4.99 Å². The molecule has 0 fully saturated rings. The minimum Gasteiger partial charge on any atom is -0.369 e. The molecular weight excluding hydrogens is 221 g/mol. The van der Waals surface area contributed by atoms with Gasteiger partial charge in [-0.2, -0.15) is 0 Å². The summed E-state index contributed by atoms with van der Waals surface area (Å²) in [5.74, 6) is -2.31. The van der Waals surface area contributed by atoms with Crippen molar-refractivity contribution in [3.63, 3.8) is 0 Å². The maximum atomic E-state index is 12.7. The molecule has 0 spiro atoms. The Hall–Kier alpha value is -2.19. The first-order chi connectivity index (χ1) is 7.42. The zero-order valence-corrected chi connectivity index (χ0v) is 8.12. The van der Waals surface area contributed by atoms with E-state index in [2.05, 4.69) is 4.99 Å². The first-order valence-electron chi connectivity index (χ1n) is 4.20. The molecule has 0 aromatic rings. The zero-order chi connectivity index (χ0) is 12.3. The van der Waals surface area contributed by atoms with Gasteiger partial charge < -0.3 is 11.5 Å². The molecule has 8 nitrogen and oxygen atoms in total. The number of carbonyl (C=O) groups is 3. The molecule has 0 saturated heterocycles. The lowest BCUT2D eigenvalue weighted by Gasteiger charge is -2.28. The van der Waals surface area contributed by atoms with Crippen LogP contribution in [-0.2, 0) is 9.59 Å². The van der Waals surface area contributed by atoms with Crippen molar-refractivity contribution in [3.8, 4) is 0 Å². The molecule has 1 rings (SSSR count). The highest BCUT2D eigenvalue weighted by molar-refractivity contribution is 6.14. The molecule has 16 heavy (non-hydrogen) atoms. The first-order valence-corrected chi connectivity index (χ1v) is 4.20. The van der Waals surface area contributed by atoms with E-state index in [0.29, 0.717) is 0 Å². The molecule has 1 heterocycles. The van der Waals surface area contributed by atoms with Crippen LogP contribution in [0.2, 0.25) is 0 Å². The summed E-state index contributed by atoms with van der Waals surface area (Å²) in [7, 11) is 0. The predicted molar refractivity (Wildman–Crippen MR) is 50.8 cm³/mol. The third-order valence-corrected chi connectivity index (χ3v) is 2.12. The van der Waals surface area contributed by atoms with Crippen LogP contribution >= 0.6 is 0 Å². The number of rotatable bonds is 2. The van der Waals surface area contributed by atoms with E-state index >= 15 is 0 Å². The molecule has 0 aromatic carbocycles. The Labute approximate surface area is 89.2 Å². The highest BCUT2D eigenvalue weighted by atomic mass is 19.1. The Balaban J connectivity index is 2.91. The Morgan fingerprint density at radius 1 is 1.56 bits per heavy atom. The Morgan fingerprint density at radius 3 is 2.56 bits per heavy atom. The van der Waals surface area contributed by atoms with Crippen molar-refractivity contribution < 1.29 is 18.8 Å². The second kappa shape index (κ2) is 4.13. The summed E-state index contributed by atoms with van der Waals surface area (Å²) >= 11 is 0. The van der Waals surface area contributed by atoms with E-state index in [-0.39, 0.29) is 5.96 Å². The highest BCUT2D eigenvalue weighted by Gasteiger charge is 2.47. The maximum Gasteiger partial charge on any atom is 0.318 e. The van der Waals surface area contributed by atoms with Crippen LogP contribution in [0.3, 0.4) is 0 Å². The number of guanidine groups is 1.